The number of nitrogens with zero attached hydrogens (tertiary/aromatic N) is 1. The number of carbonyl (C=O) groups is 2. The average Bonchev–Trinajstić information content (AvgIpc) is 2.62. The second-order valence-corrected chi connectivity index (χ2v) is 5.59. The van der Waals surface area contributed by atoms with Crippen LogP contribution in [0.1, 0.15) is 59.4 Å². The molecule has 2 rings (SSSR count). The molecule has 0 unspecified atom stereocenters. The molecular formula is C19H23NO5. The number of benzene rings is 1. The number of allylic oxidation sites excluding steroid dienone is 2. The summed E-state index contributed by atoms with van der Waals surface area (Å²) in [6, 6.07) is 1.69. The van der Waals surface area contributed by atoms with Gasteiger partial charge in [-0.1, -0.05) is 25.4 Å². The van der Waals surface area contributed by atoms with E-state index in [1.54, 1.807) is 6.07 Å². The van der Waals surface area contributed by atoms with Gasteiger partial charge in [-0.15, -0.1) is 0 Å². The molecule has 134 valence electrons. The lowest BCUT2D eigenvalue weighted by Gasteiger charge is -2.20. The van der Waals surface area contributed by atoms with E-state index in [9.17, 15) is 9.59 Å². The highest BCUT2D eigenvalue weighted by atomic mass is 16.6. The number of fused-ring (bicyclic) bond motifs is 1. The summed E-state index contributed by atoms with van der Waals surface area (Å²) < 4.78 is 10.9. The Morgan fingerprint density at radius 3 is 2.24 bits per heavy atom. The summed E-state index contributed by atoms with van der Waals surface area (Å²) in [7, 11) is 2.93. The molecule has 0 aliphatic heterocycles. The summed E-state index contributed by atoms with van der Waals surface area (Å²) in [5.74, 6) is 0.0723. The molecule has 0 spiro atoms. The van der Waals surface area contributed by atoms with E-state index in [1.165, 1.54) is 26.4 Å². The molecule has 0 N–H and O–H groups in total. The maximum absolute atomic E-state index is 12.4. The third-order valence-electron chi connectivity index (χ3n) is 3.81. The molecule has 0 radical (unpaired) electrons. The topological polar surface area (TPSA) is 74.2 Å². The minimum absolute atomic E-state index is 0.212. The molecule has 1 aromatic rings. The Hall–Kier alpha value is -2.63. The smallest absolute Gasteiger partial charge is 0.190 e. The van der Waals surface area contributed by atoms with E-state index in [2.05, 4.69) is 5.16 Å². The van der Waals surface area contributed by atoms with Crippen molar-refractivity contribution in [3.63, 3.8) is 0 Å². The first kappa shape index (κ1) is 18.7. The number of carbonyl (C=O) groups excluding carboxylic acids is 2. The molecule has 6 nitrogen and oxygen atoms in total. The van der Waals surface area contributed by atoms with Gasteiger partial charge >= 0.3 is 0 Å². The van der Waals surface area contributed by atoms with Crippen molar-refractivity contribution in [2.75, 3.05) is 20.8 Å². The number of hydrogen-bond acceptors (Lipinski definition) is 6. The molecule has 1 aliphatic rings. The summed E-state index contributed by atoms with van der Waals surface area (Å²) in [5.41, 5.74) is 1.70. The van der Waals surface area contributed by atoms with Crippen LogP contribution in [0.5, 0.6) is 11.5 Å². The number of methoxy groups -OCH3 is 2. The zero-order valence-corrected chi connectivity index (χ0v) is 15.0. The summed E-state index contributed by atoms with van der Waals surface area (Å²) in [4.78, 5) is 30.0. The van der Waals surface area contributed by atoms with Gasteiger partial charge in [0.15, 0.2) is 11.6 Å². The Labute approximate surface area is 147 Å². The molecule has 25 heavy (non-hydrogen) atoms. The largest absolute Gasteiger partial charge is 0.496 e. The highest BCUT2D eigenvalue weighted by molar-refractivity contribution is 6.25. The van der Waals surface area contributed by atoms with Crippen LogP contribution < -0.4 is 9.47 Å². The van der Waals surface area contributed by atoms with Gasteiger partial charge in [0.05, 0.1) is 31.1 Å². The number of rotatable bonds is 8. The molecule has 1 aliphatic carbocycles. The van der Waals surface area contributed by atoms with Gasteiger partial charge in [-0.2, -0.15) is 0 Å². The lowest BCUT2D eigenvalue weighted by Crippen LogP contribution is -2.18. The van der Waals surface area contributed by atoms with Crippen molar-refractivity contribution < 1.29 is 23.9 Å². The van der Waals surface area contributed by atoms with E-state index in [1.807, 2.05) is 13.8 Å². The van der Waals surface area contributed by atoms with Crippen LogP contribution in [-0.4, -0.2) is 38.1 Å². The molecule has 0 fully saturated rings. The molecule has 1 aromatic carbocycles. The SMILES string of the molecule is CCCON=C(CCC)c1cc(OC)c2c(c1OC)C(=O)C=CC2=O. The molecule has 0 aromatic heterocycles. The summed E-state index contributed by atoms with van der Waals surface area (Å²) in [6.07, 6.45) is 4.81. The lowest BCUT2D eigenvalue weighted by atomic mass is 9.89. The standard InChI is InChI=1S/C19H23NO5/c1-5-7-13(20-25-10-6-2)12-11-16(23-3)17-14(21)8-9-15(22)18(17)19(12)24-4/h8-9,11H,5-7,10H2,1-4H3. The Morgan fingerprint density at radius 1 is 1.00 bits per heavy atom. The summed E-state index contributed by atoms with van der Waals surface area (Å²) in [5, 5.41) is 4.22. The summed E-state index contributed by atoms with van der Waals surface area (Å²) in [6.45, 7) is 4.51. The van der Waals surface area contributed by atoms with Crippen LogP contribution >= 0.6 is 0 Å². The van der Waals surface area contributed by atoms with E-state index < -0.39 is 0 Å². The Balaban J connectivity index is 2.70. The predicted molar refractivity (Wildman–Crippen MR) is 95.0 cm³/mol. The molecular weight excluding hydrogens is 322 g/mol. The van der Waals surface area contributed by atoms with Crippen molar-refractivity contribution in [1.82, 2.24) is 0 Å². The van der Waals surface area contributed by atoms with E-state index in [4.69, 9.17) is 14.3 Å². The van der Waals surface area contributed by atoms with E-state index in [0.717, 1.165) is 12.8 Å². The first-order valence-electron chi connectivity index (χ1n) is 8.33. The highest BCUT2D eigenvalue weighted by Crippen LogP contribution is 2.38. The van der Waals surface area contributed by atoms with Gasteiger partial charge in [-0.05, 0) is 31.1 Å². The number of hydrogen-bond donors (Lipinski definition) is 0. The van der Waals surface area contributed by atoms with Crippen molar-refractivity contribution >= 4 is 17.3 Å². The minimum atomic E-state index is -0.295. The predicted octanol–water partition coefficient (Wildman–Crippen LogP) is 3.57. The first-order valence-corrected chi connectivity index (χ1v) is 8.33. The fourth-order valence-electron chi connectivity index (χ4n) is 2.71. The van der Waals surface area contributed by atoms with Crippen LogP contribution in [0, 0.1) is 0 Å². The van der Waals surface area contributed by atoms with Crippen LogP contribution in [0.15, 0.2) is 23.4 Å². The second-order valence-electron chi connectivity index (χ2n) is 5.59. The molecule has 0 saturated heterocycles. The van der Waals surface area contributed by atoms with Crippen LogP contribution in [0.3, 0.4) is 0 Å². The maximum atomic E-state index is 12.4. The Morgan fingerprint density at radius 2 is 1.68 bits per heavy atom. The third kappa shape index (κ3) is 3.73. The Bertz CT molecular complexity index is 734. The summed E-state index contributed by atoms with van der Waals surface area (Å²) >= 11 is 0. The van der Waals surface area contributed by atoms with Gasteiger partial charge in [0, 0.05) is 5.56 Å². The third-order valence-corrected chi connectivity index (χ3v) is 3.81. The quantitative estimate of drug-likeness (QED) is 0.409. The van der Waals surface area contributed by atoms with E-state index in [-0.39, 0.29) is 22.7 Å². The fraction of sp³-hybridized carbons (Fsp3) is 0.421. The minimum Gasteiger partial charge on any atom is -0.496 e. The molecule has 0 amide bonds. The van der Waals surface area contributed by atoms with Gasteiger partial charge < -0.3 is 14.3 Å². The zero-order valence-electron chi connectivity index (χ0n) is 15.0. The first-order chi connectivity index (χ1) is 12.1. The van der Waals surface area contributed by atoms with Crippen LogP contribution in [0.4, 0.5) is 0 Å². The van der Waals surface area contributed by atoms with Gasteiger partial charge in [-0.3, -0.25) is 9.59 Å². The van der Waals surface area contributed by atoms with E-state index in [0.29, 0.717) is 35.8 Å². The van der Waals surface area contributed by atoms with Crippen molar-refractivity contribution in [2.24, 2.45) is 5.16 Å². The Kier molecular flexibility index (Phi) is 6.33. The number of oxime groups is 1. The van der Waals surface area contributed by atoms with Crippen molar-refractivity contribution in [2.45, 2.75) is 33.1 Å². The molecule has 0 atom stereocenters. The van der Waals surface area contributed by atoms with Crippen molar-refractivity contribution in [1.29, 1.82) is 0 Å². The molecule has 0 saturated carbocycles. The molecule has 0 bridgehead atoms. The number of ketones is 2. The highest BCUT2D eigenvalue weighted by Gasteiger charge is 2.31. The van der Waals surface area contributed by atoms with Gasteiger partial charge in [0.2, 0.25) is 0 Å². The van der Waals surface area contributed by atoms with Crippen LogP contribution in [0.2, 0.25) is 0 Å². The second kappa shape index (κ2) is 8.46. The van der Waals surface area contributed by atoms with Crippen LogP contribution in [0.25, 0.3) is 0 Å². The normalized spacial score (nSPS) is 13.7. The van der Waals surface area contributed by atoms with Crippen LogP contribution in [-0.2, 0) is 4.84 Å². The fourth-order valence-corrected chi connectivity index (χ4v) is 2.71. The lowest BCUT2D eigenvalue weighted by molar-refractivity contribution is 0.0989. The average molecular weight is 345 g/mol. The monoisotopic (exact) mass is 345 g/mol. The van der Waals surface area contributed by atoms with Crippen molar-refractivity contribution in [3.05, 3.63) is 34.9 Å². The van der Waals surface area contributed by atoms with Crippen molar-refractivity contribution in [3.8, 4) is 11.5 Å². The van der Waals surface area contributed by atoms with Gasteiger partial charge in [0.25, 0.3) is 0 Å². The van der Waals surface area contributed by atoms with Gasteiger partial charge in [0.1, 0.15) is 18.1 Å². The maximum Gasteiger partial charge on any atom is 0.190 e. The molecule has 0 heterocycles. The molecule has 6 heteroatoms. The van der Waals surface area contributed by atoms with E-state index >= 15 is 0 Å². The zero-order chi connectivity index (χ0) is 18.4. The number of ether oxygens (including phenoxy) is 2. The van der Waals surface area contributed by atoms with Gasteiger partial charge in [-0.25, -0.2) is 0 Å².